The zero-order valence-corrected chi connectivity index (χ0v) is 20.2. The third-order valence-corrected chi connectivity index (χ3v) is 10.5. The van der Waals surface area contributed by atoms with Crippen LogP contribution in [0.3, 0.4) is 0 Å². The van der Waals surface area contributed by atoms with Gasteiger partial charge in [-0.25, -0.2) is 4.98 Å². The highest BCUT2D eigenvalue weighted by atomic mass is 16.5. The van der Waals surface area contributed by atoms with Gasteiger partial charge in [-0.3, -0.25) is 4.79 Å². The molecule has 35 heavy (non-hydrogen) atoms. The van der Waals surface area contributed by atoms with Gasteiger partial charge in [0.1, 0.15) is 5.82 Å². The van der Waals surface area contributed by atoms with Gasteiger partial charge in [-0.15, -0.1) is 0 Å². The number of fused-ring (bicyclic) bond motifs is 3. The lowest BCUT2D eigenvalue weighted by Crippen LogP contribution is -2.77. The van der Waals surface area contributed by atoms with Crippen LogP contribution < -0.4 is 15.1 Å². The van der Waals surface area contributed by atoms with E-state index in [1.807, 2.05) is 19.4 Å². The van der Waals surface area contributed by atoms with Gasteiger partial charge in [0.05, 0.1) is 42.7 Å². The summed E-state index contributed by atoms with van der Waals surface area (Å²) in [7, 11) is 1.86. The van der Waals surface area contributed by atoms with E-state index in [2.05, 4.69) is 44.4 Å². The summed E-state index contributed by atoms with van der Waals surface area (Å²) in [5.74, 6) is 2.97. The summed E-state index contributed by atoms with van der Waals surface area (Å²) in [5.41, 5.74) is 4.11. The SMILES string of the molecule is CO[C@H]1C2CC3CC24C1C[C@]4(C(=O)N1Cc2cccnc2Nc2ccc(N4CCOCC4)cc21)C3. The quantitative estimate of drug-likeness (QED) is 0.730. The van der Waals surface area contributed by atoms with Crippen LogP contribution in [0, 0.1) is 28.6 Å². The zero-order valence-electron chi connectivity index (χ0n) is 20.2. The summed E-state index contributed by atoms with van der Waals surface area (Å²) >= 11 is 0. The molecule has 8 rings (SSSR count). The minimum atomic E-state index is -0.223. The number of nitrogens with one attached hydrogen (secondary N) is 1. The van der Waals surface area contributed by atoms with E-state index < -0.39 is 0 Å². The molecule has 3 heterocycles. The summed E-state index contributed by atoms with van der Waals surface area (Å²) in [6, 6.07) is 10.6. The molecule has 1 amide bonds. The first-order chi connectivity index (χ1) is 17.1. The normalized spacial score (nSPS) is 37.9. The van der Waals surface area contributed by atoms with Crippen LogP contribution >= 0.6 is 0 Å². The summed E-state index contributed by atoms with van der Waals surface area (Å²) in [6.45, 7) is 3.78. The average Bonchev–Trinajstić information content (AvgIpc) is 3.33. The minimum absolute atomic E-state index is 0.176. The Morgan fingerprint density at radius 3 is 2.91 bits per heavy atom. The highest BCUT2D eigenvalue weighted by Crippen LogP contribution is 2.87. The molecule has 7 nitrogen and oxygen atoms in total. The largest absolute Gasteiger partial charge is 0.381 e. The predicted molar refractivity (Wildman–Crippen MR) is 133 cm³/mol. The smallest absolute Gasteiger partial charge is 0.234 e. The first kappa shape index (κ1) is 20.5. The molecule has 6 aliphatic rings. The van der Waals surface area contributed by atoms with E-state index in [-0.39, 0.29) is 10.8 Å². The second kappa shape index (κ2) is 6.98. The number of pyridine rings is 1. The molecule has 7 heteroatoms. The lowest BCUT2D eigenvalue weighted by atomic mass is 9.30. The fourth-order valence-corrected chi connectivity index (χ4v) is 9.22. The molecule has 5 fully saturated rings. The number of nitrogens with zero attached hydrogens (tertiary/aromatic N) is 3. The Labute approximate surface area is 205 Å². The van der Waals surface area contributed by atoms with Crippen LogP contribution in [0.15, 0.2) is 36.5 Å². The van der Waals surface area contributed by atoms with Crippen LogP contribution in [0.5, 0.6) is 0 Å². The number of carbonyl (C=O) groups excluding carboxylic acids is 1. The van der Waals surface area contributed by atoms with Crippen molar-refractivity contribution in [2.75, 3.05) is 48.5 Å². The molecule has 1 spiro atoms. The molecule has 1 N–H and O–H groups in total. The minimum Gasteiger partial charge on any atom is -0.381 e. The highest BCUT2D eigenvalue weighted by Gasteiger charge is 2.86. The maximum atomic E-state index is 14.7. The Balaban J connectivity index is 1.22. The molecule has 2 bridgehead atoms. The van der Waals surface area contributed by atoms with Gasteiger partial charge in [-0.1, -0.05) is 6.07 Å². The molecule has 2 aliphatic heterocycles. The third kappa shape index (κ3) is 2.44. The number of benzene rings is 1. The van der Waals surface area contributed by atoms with E-state index in [9.17, 15) is 4.79 Å². The number of carbonyl (C=O) groups is 1. The lowest BCUT2D eigenvalue weighted by molar-refractivity contribution is -0.301. The monoisotopic (exact) mass is 472 g/mol. The second-order valence-corrected chi connectivity index (χ2v) is 11.6. The van der Waals surface area contributed by atoms with Crippen molar-refractivity contribution in [3.05, 3.63) is 42.1 Å². The summed E-state index contributed by atoms with van der Waals surface area (Å²) in [6.07, 6.45) is 6.68. The molecule has 4 aliphatic carbocycles. The van der Waals surface area contributed by atoms with E-state index in [1.165, 1.54) is 12.8 Å². The number of hydrogen-bond donors (Lipinski definition) is 1. The molecule has 4 saturated carbocycles. The topological polar surface area (TPSA) is 66.9 Å². The maximum absolute atomic E-state index is 14.7. The van der Waals surface area contributed by atoms with E-state index in [4.69, 9.17) is 9.47 Å². The van der Waals surface area contributed by atoms with Crippen LogP contribution in [0.2, 0.25) is 0 Å². The Morgan fingerprint density at radius 1 is 1.17 bits per heavy atom. The molecule has 182 valence electrons. The molecule has 6 atom stereocenters. The van der Waals surface area contributed by atoms with E-state index in [0.717, 1.165) is 67.6 Å². The Morgan fingerprint density at radius 2 is 2.06 bits per heavy atom. The number of morpholine rings is 1. The van der Waals surface area contributed by atoms with Gasteiger partial charge in [0.25, 0.3) is 0 Å². The molecule has 1 saturated heterocycles. The van der Waals surface area contributed by atoms with E-state index >= 15 is 0 Å². The molecular weight excluding hydrogens is 440 g/mol. The summed E-state index contributed by atoms with van der Waals surface area (Å²) < 4.78 is 11.5. The first-order valence-corrected chi connectivity index (χ1v) is 13.2. The zero-order chi connectivity index (χ0) is 23.4. The number of hydrogen-bond acceptors (Lipinski definition) is 6. The Hall–Kier alpha value is -2.64. The van der Waals surface area contributed by atoms with Gasteiger partial charge in [0.2, 0.25) is 5.91 Å². The number of aromatic nitrogens is 1. The van der Waals surface area contributed by atoms with E-state index in [1.54, 1.807) is 0 Å². The number of amides is 1. The third-order valence-electron chi connectivity index (χ3n) is 10.5. The number of ether oxygens (including phenoxy) is 2. The summed E-state index contributed by atoms with van der Waals surface area (Å²) in [5, 5.41) is 3.55. The van der Waals surface area contributed by atoms with Crippen molar-refractivity contribution in [1.82, 2.24) is 4.98 Å². The maximum Gasteiger partial charge on any atom is 0.234 e. The van der Waals surface area contributed by atoms with Crippen molar-refractivity contribution in [2.24, 2.45) is 28.6 Å². The highest BCUT2D eigenvalue weighted by molar-refractivity contribution is 6.04. The van der Waals surface area contributed by atoms with Gasteiger partial charge in [-0.05, 0) is 73.1 Å². The van der Waals surface area contributed by atoms with Crippen molar-refractivity contribution in [1.29, 1.82) is 0 Å². The predicted octanol–water partition coefficient (Wildman–Crippen LogP) is 3.96. The Bertz CT molecular complexity index is 1230. The van der Waals surface area contributed by atoms with Crippen LogP contribution in [-0.2, 0) is 20.8 Å². The van der Waals surface area contributed by atoms with Crippen LogP contribution in [0.1, 0.15) is 31.2 Å². The lowest BCUT2D eigenvalue weighted by Gasteiger charge is -2.74. The van der Waals surface area contributed by atoms with E-state index in [0.29, 0.717) is 36.3 Å². The molecular formula is C28H32N4O3. The fourth-order valence-electron chi connectivity index (χ4n) is 9.22. The standard InChI is InChI=1S/C28H32N4O3/c1-34-24-20-11-17-13-27(15-21(24)28(20,27)14-17)26(33)32-16-18-3-2-6-29-25(18)30-22-5-4-19(12-23(22)32)31-7-9-35-10-8-31/h2-6,12,17,20-21,24H,7-11,13-16H2,1H3,(H,29,30)/t17?,20?,21?,24-,27-,28?/m0/s1. The van der Waals surface area contributed by atoms with Crippen molar-refractivity contribution >= 4 is 28.8 Å². The molecule has 1 aromatic carbocycles. The van der Waals surface area contributed by atoms with Crippen LogP contribution in [0.4, 0.5) is 22.9 Å². The van der Waals surface area contributed by atoms with Crippen molar-refractivity contribution in [3.8, 4) is 0 Å². The number of methoxy groups -OCH3 is 1. The average molecular weight is 473 g/mol. The van der Waals surface area contributed by atoms with Gasteiger partial charge in [-0.2, -0.15) is 0 Å². The van der Waals surface area contributed by atoms with Gasteiger partial charge < -0.3 is 24.6 Å². The van der Waals surface area contributed by atoms with Crippen LogP contribution in [0.25, 0.3) is 0 Å². The molecule has 0 radical (unpaired) electrons. The van der Waals surface area contributed by atoms with Gasteiger partial charge in [0, 0.05) is 37.6 Å². The van der Waals surface area contributed by atoms with Crippen molar-refractivity contribution in [3.63, 3.8) is 0 Å². The van der Waals surface area contributed by atoms with Gasteiger partial charge in [0.15, 0.2) is 0 Å². The van der Waals surface area contributed by atoms with Crippen molar-refractivity contribution < 1.29 is 14.3 Å². The molecule has 1 aromatic heterocycles. The summed E-state index contributed by atoms with van der Waals surface area (Å²) in [4.78, 5) is 23.8. The number of anilines is 4. The van der Waals surface area contributed by atoms with Gasteiger partial charge >= 0.3 is 0 Å². The second-order valence-electron chi connectivity index (χ2n) is 11.6. The number of rotatable bonds is 3. The molecule has 4 unspecified atom stereocenters. The first-order valence-electron chi connectivity index (χ1n) is 13.2. The van der Waals surface area contributed by atoms with Crippen LogP contribution in [-0.4, -0.2) is 50.4 Å². The van der Waals surface area contributed by atoms with Crippen molar-refractivity contribution in [2.45, 2.75) is 38.3 Å². The fraction of sp³-hybridized carbons (Fsp3) is 0.571. The molecule has 2 aromatic rings. The Kier molecular flexibility index (Phi) is 4.10.